The molecule has 3 rings (SSSR count). The van der Waals surface area contributed by atoms with Gasteiger partial charge in [-0.3, -0.25) is 15.2 Å². The van der Waals surface area contributed by atoms with Gasteiger partial charge in [0.05, 0.1) is 15.5 Å². The van der Waals surface area contributed by atoms with Crippen molar-refractivity contribution in [1.82, 2.24) is 14.5 Å². The molecule has 160 valence electrons. The highest BCUT2D eigenvalue weighted by Crippen LogP contribution is 2.32. The average molecular weight is 433 g/mol. The zero-order chi connectivity index (χ0) is 21.9. The minimum Gasteiger partial charge on any atom is -0.381 e. The fourth-order valence-corrected chi connectivity index (χ4v) is 5.06. The molecule has 1 aromatic carbocycles. The van der Waals surface area contributed by atoms with E-state index < -0.39 is 14.9 Å². The number of hydrogen-bond acceptors (Lipinski definition) is 8. The number of nitro groups is 1. The standard InChI is InChI=1S/C18H23N7O4S/c1-23(8-4-5-15-14(12-19)18(20)22-21-15)16-7-6-13(11-17(16)25(26)27)30(28,29)24-9-2-3-10-24/h6-7,11H,2-5,8-10H2,1H3,(H3,20,21,22). The zero-order valence-corrected chi connectivity index (χ0v) is 17.4. The van der Waals surface area contributed by atoms with Crippen molar-refractivity contribution < 1.29 is 13.3 Å². The summed E-state index contributed by atoms with van der Waals surface area (Å²) in [5, 5.41) is 27.3. The minimum atomic E-state index is -3.74. The van der Waals surface area contributed by atoms with E-state index in [4.69, 9.17) is 11.0 Å². The van der Waals surface area contributed by atoms with Crippen LogP contribution in [0, 0.1) is 21.4 Å². The van der Waals surface area contributed by atoms with Crippen molar-refractivity contribution >= 4 is 27.2 Å². The number of nitriles is 1. The number of sulfonamides is 1. The van der Waals surface area contributed by atoms with Crippen LogP contribution < -0.4 is 10.6 Å². The maximum Gasteiger partial charge on any atom is 0.293 e. The number of anilines is 2. The molecule has 0 amide bonds. The molecule has 1 aromatic heterocycles. The molecule has 0 aliphatic carbocycles. The van der Waals surface area contributed by atoms with E-state index in [1.54, 1.807) is 11.9 Å². The Bertz CT molecular complexity index is 1080. The second-order valence-corrected chi connectivity index (χ2v) is 9.06. The second-order valence-electron chi connectivity index (χ2n) is 7.12. The molecule has 0 atom stereocenters. The van der Waals surface area contributed by atoms with E-state index in [0.29, 0.717) is 49.4 Å². The number of aryl methyl sites for hydroxylation is 1. The van der Waals surface area contributed by atoms with Crippen LogP contribution >= 0.6 is 0 Å². The van der Waals surface area contributed by atoms with Gasteiger partial charge in [-0.05, 0) is 37.8 Å². The van der Waals surface area contributed by atoms with Crippen molar-refractivity contribution in [3.63, 3.8) is 0 Å². The monoisotopic (exact) mass is 433 g/mol. The van der Waals surface area contributed by atoms with E-state index in [0.717, 1.165) is 18.9 Å². The lowest BCUT2D eigenvalue weighted by Crippen LogP contribution is -2.28. The number of nitrogens with zero attached hydrogens (tertiary/aromatic N) is 5. The van der Waals surface area contributed by atoms with Crippen LogP contribution in [-0.2, 0) is 16.4 Å². The number of nitrogens with two attached hydrogens (primary N) is 1. The molecule has 2 aromatic rings. The minimum absolute atomic E-state index is 0.0696. The molecule has 1 saturated heterocycles. The SMILES string of the molecule is CN(CCCc1[nH]nc(N)c1C#N)c1ccc(S(=O)(=O)N2CCCC2)cc1[N+](=O)[O-]. The number of hydrogen-bond donors (Lipinski definition) is 2. The Hall–Kier alpha value is -3.17. The first-order chi connectivity index (χ1) is 14.3. The molecule has 1 fully saturated rings. The quantitative estimate of drug-likeness (QED) is 0.468. The Morgan fingerprint density at radius 1 is 1.40 bits per heavy atom. The topological polar surface area (TPSA) is 162 Å². The molecule has 0 saturated carbocycles. The highest BCUT2D eigenvalue weighted by atomic mass is 32.2. The van der Waals surface area contributed by atoms with Gasteiger partial charge in [-0.15, -0.1) is 0 Å². The molecule has 0 bridgehead atoms. The summed E-state index contributed by atoms with van der Waals surface area (Å²) in [7, 11) is -2.04. The molecule has 11 nitrogen and oxygen atoms in total. The van der Waals surface area contributed by atoms with Gasteiger partial charge in [0.1, 0.15) is 17.3 Å². The normalized spacial score (nSPS) is 14.5. The summed E-state index contributed by atoms with van der Waals surface area (Å²) in [6.45, 7) is 1.31. The molecular weight excluding hydrogens is 410 g/mol. The fourth-order valence-electron chi connectivity index (χ4n) is 3.52. The molecule has 0 unspecified atom stereocenters. The predicted octanol–water partition coefficient (Wildman–Crippen LogP) is 1.63. The number of benzene rings is 1. The van der Waals surface area contributed by atoms with Crippen LogP contribution in [0.5, 0.6) is 0 Å². The number of H-pyrrole nitrogens is 1. The van der Waals surface area contributed by atoms with Gasteiger partial charge in [0.2, 0.25) is 10.0 Å². The van der Waals surface area contributed by atoms with Crippen molar-refractivity contribution in [3.05, 3.63) is 39.6 Å². The molecule has 3 N–H and O–H groups in total. The lowest BCUT2D eigenvalue weighted by atomic mass is 10.1. The van der Waals surface area contributed by atoms with Gasteiger partial charge >= 0.3 is 0 Å². The molecular formula is C18H23N7O4S. The van der Waals surface area contributed by atoms with Crippen LogP contribution in [0.3, 0.4) is 0 Å². The van der Waals surface area contributed by atoms with E-state index in [-0.39, 0.29) is 16.4 Å². The van der Waals surface area contributed by atoms with Gasteiger partial charge in [-0.25, -0.2) is 8.42 Å². The average Bonchev–Trinajstić information content (AvgIpc) is 3.37. The van der Waals surface area contributed by atoms with Gasteiger partial charge in [-0.1, -0.05) is 0 Å². The van der Waals surface area contributed by atoms with E-state index in [2.05, 4.69) is 10.2 Å². The lowest BCUT2D eigenvalue weighted by Gasteiger charge is -2.20. The summed E-state index contributed by atoms with van der Waals surface area (Å²) in [6.07, 6.45) is 2.65. The molecule has 1 aliphatic rings. The first-order valence-electron chi connectivity index (χ1n) is 9.48. The largest absolute Gasteiger partial charge is 0.381 e. The lowest BCUT2D eigenvalue weighted by molar-refractivity contribution is -0.384. The van der Waals surface area contributed by atoms with Crippen LogP contribution in [0.25, 0.3) is 0 Å². The highest BCUT2D eigenvalue weighted by Gasteiger charge is 2.30. The van der Waals surface area contributed by atoms with Crippen LogP contribution in [0.15, 0.2) is 23.1 Å². The maximum absolute atomic E-state index is 12.7. The van der Waals surface area contributed by atoms with E-state index in [1.165, 1.54) is 16.4 Å². The van der Waals surface area contributed by atoms with Crippen molar-refractivity contribution in [2.75, 3.05) is 37.3 Å². The van der Waals surface area contributed by atoms with Crippen LogP contribution in [0.2, 0.25) is 0 Å². The Labute approximate surface area is 174 Å². The predicted molar refractivity (Wildman–Crippen MR) is 110 cm³/mol. The number of nitrogen functional groups attached to an aromatic ring is 1. The first-order valence-corrected chi connectivity index (χ1v) is 10.9. The molecule has 30 heavy (non-hydrogen) atoms. The number of aromatic amines is 1. The summed E-state index contributed by atoms with van der Waals surface area (Å²) in [4.78, 5) is 12.7. The highest BCUT2D eigenvalue weighted by molar-refractivity contribution is 7.89. The van der Waals surface area contributed by atoms with E-state index in [1.807, 2.05) is 6.07 Å². The van der Waals surface area contributed by atoms with E-state index >= 15 is 0 Å². The van der Waals surface area contributed by atoms with E-state index in [9.17, 15) is 18.5 Å². The van der Waals surface area contributed by atoms with Crippen LogP contribution in [0.4, 0.5) is 17.2 Å². The summed E-state index contributed by atoms with van der Waals surface area (Å²) < 4.78 is 26.8. The number of nitro benzene ring substituents is 1. The van der Waals surface area contributed by atoms with Gasteiger partial charge in [0, 0.05) is 32.7 Å². The number of nitrogens with one attached hydrogen (secondary N) is 1. The summed E-state index contributed by atoms with van der Waals surface area (Å²) in [6, 6.07) is 6.01. The molecule has 2 heterocycles. The maximum atomic E-state index is 12.7. The van der Waals surface area contributed by atoms with Crippen molar-refractivity contribution in [1.29, 1.82) is 5.26 Å². The van der Waals surface area contributed by atoms with Gasteiger partial charge in [0.25, 0.3) is 5.69 Å². The number of rotatable bonds is 8. The Kier molecular flexibility index (Phi) is 6.23. The zero-order valence-electron chi connectivity index (χ0n) is 16.5. The van der Waals surface area contributed by atoms with Crippen LogP contribution in [0.1, 0.15) is 30.5 Å². The summed E-state index contributed by atoms with van der Waals surface area (Å²) in [5.74, 6) is 0.145. The molecule has 1 aliphatic heterocycles. The fraction of sp³-hybridized carbons (Fsp3) is 0.444. The van der Waals surface area contributed by atoms with Crippen molar-refractivity contribution in [2.24, 2.45) is 0 Å². The number of aromatic nitrogens is 2. The van der Waals surface area contributed by atoms with Crippen molar-refractivity contribution in [3.8, 4) is 6.07 Å². The smallest absolute Gasteiger partial charge is 0.293 e. The van der Waals surface area contributed by atoms with Gasteiger partial charge in [-0.2, -0.15) is 14.7 Å². The first kappa shape index (κ1) is 21.5. The Morgan fingerprint density at radius 3 is 2.73 bits per heavy atom. The van der Waals surface area contributed by atoms with Gasteiger partial charge < -0.3 is 10.6 Å². The Balaban J connectivity index is 1.76. The summed E-state index contributed by atoms with van der Waals surface area (Å²) in [5.41, 5.74) is 6.60. The molecule has 12 heteroatoms. The molecule has 0 spiro atoms. The summed E-state index contributed by atoms with van der Waals surface area (Å²) >= 11 is 0. The van der Waals surface area contributed by atoms with Gasteiger partial charge in [0.15, 0.2) is 5.82 Å². The molecule has 0 radical (unpaired) electrons. The third-order valence-corrected chi connectivity index (χ3v) is 7.05. The third kappa shape index (κ3) is 4.22. The second kappa shape index (κ2) is 8.68. The Morgan fingerprint density at radius 2 is 2.10 bits per heavy atom. The van der Waals surface area contributed by atoms with Crippen molar-refractivity contribution in [2.45, 2.75) is 30.6 Å². The third-order valence-electron chi connectivity index (χ3n) is 5.16. The van der Waals surface area contributed by atoms with Crippen LogP contribution in [-0.4, -0.2) is 54.5 Å².